The SMILES string of the molecule is CC1CCN(CCCCNC(=O)c2cccc(N3NC(=O)C4CC=CCC4C3=O)c2)CC1. The van der Waals surface area contributed by atoms with Crippen LogP contribution < -0.4 is 15.8 Å². The Bertz CT molecular complexity index is 876. The van der Waals surface area contributed by atoms with Gasteiger partial charge in [-0.05, 0) is 82.3 Å². The molecule has 7 nitrogen and oxygen atoms in total. The molecule has 2 saturated heterocycles. The molecule has 3 amide bonds. The zero-order valence-corrected chi connectivity index (χ0v) is 18.9. The molecule has 0 saturated carbocycles. The maximum Gasteiger partial charge on any atom is 0.251 e. The summed E-state index contributed by atoms with van der Waals surface area (Å²) in [6.07, 6.45) is 9.66. The van der Waals surface area contributed by atoms with Crippen LogP contribution in [0.1, 0.15) is 55.8 Å². The number of carbonyl (C=O) groups excluding carboxylic acids is 3. The van der Waals surface area contributed by atoms with Crippen molar-refractivity contribution in [2.24, 2.45) is 17.8 Å². The molecule has 2 N–H and O–H groups in total. The van der Waals surface area contributed by atoms with Gasteiger partial charge in [0.25, 0.3) is 5.91 Å². The summed E-state index contributed by atoms with van der Waals surface area (Å²) in [7, 11) is 0. The Labute approximate surface area is 190 Å². The summed E-state index contributed by atoms with van der Waals surface area (Å²) in [6.45, 7) is 6.41. The van der Waals surface area contributed by atoms with Crippen LogP contribution in [0.25, 0.3) is 0 Å². The minimum atomic E-state index is -0.339. The lowest BCUT2D eigenvalue weighted by atomic mass is 9.80. The van der Waals surface area contributed by atoms with E-state index in [1.807, 2.05) is 12.2 Å². The number of hydrogen-bond acceptors (Lipinski definition) is 4. The summed E-state index contributed by atoms with van der Waals surface area (Å²) in [5.41, 5.74) is 3.72. The zero-order valence-electron chi connectivity index (χ0n) is 18.9. The molecule has 0 bridgehead atoms. The summed E-state index contributed by atoms with van der Waals surface area (Å²) < 4.78 is 0. The van der Waals surface area contributed by atoms with Crippen molar-refractivity contribution in [3.63, 3.8) is 0 Å². The highest BCUT2D eigenvalue weighted by Crippen LogP contribution is 2.32. The number of unbranched alkanes of at least 4 members (excludes halogenated alkanes) is 1. The predicted octanol–water partition coefficient (Wildman–Crippen LogP) is 2.89. The average molecular weight is 439 g/mol. The maximum atomic E-state index is 13.0. The molecule has 0 spiro atoms. The van der Waals surface area contributed by atoms with Gasteiger partial charge in [0.05, 0.1) is 17.5 Å². The van der Waals surface area contributed by atoms with Gasteiger partial charge in [-0.15, -0.1) is 0 Å². The first-order valence-electron chi connectivity index (χ1n) is 11.9. The Morgan fingerprint density at radius 2 is 1.84 bits per heavy atom. The van der Waals surface area contributed by atoms with E-state index < -0.39 is 0 Å². The lowest BCUT2D eigenvalue weighted by molar-refractivity contribution is -0.139. The van der Waals surface area contributed by atoms with Crippen molar-refractivity contribution in [3.8, 4) is 0 Å². The van der Waals surface area contributed by atoms with Gasteiger partial charge in [-0.25, -0.2) is 5.01 Å². The lowest BCUT2D eigenvalue weighted by Crippen LogP contribution is -2.59. The van der Waals surface area contributed by atoms with E-state index in [9.17, 15) is 14.4 Å². The summed E-state index contributed by atoms with van der Waals surface area (Å²) in [6, 6.07) is 6.89. The molecule has 3 aliphatic rings. The minimum absolute atomic E-state index is 0.122. The van der Waals surface area contributed by atoms with Crippen LogP contribution in [0, 0.1) is 17.8 Å². The number of piperidine rings is 1. The van der Waals surface area contributed by atoms with Crippen LogP contribution in [-0.2, 0) is 9.59 Å². The summed E-state index contributed by atoms with van der Waals surface area (Å²) in [5, 5.41) is 4.29. The number of hydrogen-bond donors (Lipinski definition) is 2. The van der Waals surface area contributed by atoms with Gasteiger partial charge in [0.1, 0.15) is 0 Å². The Balaban J connectivity index is 1.28. The Morgan fingerprint density at radius 1 is 1.09 bits per heavy atom. The van der Waals surface area contributed by atoms with Crippen molar-refractivity contribution in [2.45, 2.75) is 45.4 Å². The molecule has 1 aliphatic carbocycles. The fourth-order valence-electron chi connectivity index (χ4n) is 4.82. The van der Waals surface area contributed by atoms with E-state index in [1.165, 1.54) is 30.9 Å². The van der Waals surface area contributed by atoms with Crippen molar-refractivity contribution >= 4 is 23.4 Å². The highest BCUT2D eigenvalue weighted by molar-refractivity contribution is 6.05. The number of nitrogens with one attached hydrogen (secondary N) is 2. The molecule has 2 heterocycles. The van der Waals surface area contributed by atoms with E-state index in [2.05, 4.69) is 22.6 Å². The van der Waals surface area contributed by atoms with Crippen molar-refractivity contribution in [2.75, 3.05) is 31.2 Å². The third-order valence-electron chi connectivity index (χ3n) is 6.96. The Hall–Kier alpha value is -2.67. The second kappa shape index (κ2) is 10.3. The number of fused-ring (bicyclic) bond motifs is 1. The number of hydrazine groups is 1. The summed E-state index contributed by atoms with van der Waals surface area (Å²) in [4.78, 5) is 40.6. The second-order valence-electron chi connectivity index (χ2n) is 9.34. The molecule has 7 heteroatoms. The van der Waals surface area contributed by atoms with Crippen molar-refractivity contribution in [1.29, 1.82) is 0 Å². The third kappa shape index (κ3) is 5.21. The average Bonchev–Trinajstić information content (AvgIpc) is 2.82. The smallest absolute Gasteiger partial charge is 0.251 e. The monoisotopic (exact) mass is 438 g/mol. The quantitative estimate of drug-likeness (QED) is 0.507. The molecule has 32 heavy (non-hydrogen) atoms. The molecule has 2 aliphatic heterocycles. The Kier molecular flexibility index (Phi) is 7.25. The van der Waals surface area contributed by atoms with E-state index in [-0.39, 0.29) is 29.6 Å². The highest BCUT2D eigenvalue weighted by atomic mass is 16.2. The van der Waals surface area contributed by atoms with E-state index in [4.69, 9.17) is 0 Å². The Morgan fingerprint density at radius 3 is 2.62 bits per heavy atom. The number of allylic oxidation sites excluding steroid dienone is 2. The van der Waals surface area contributed by atoms with E-state index >= 15 is 0 Å². The van der Waals surface area contributed by atoms with Crippen LogP contribution in [0.2, 0.25) is 0 Å². The molecule has 1 aromatic carbocycles. The van der Waals surface area contributed by atoms with Gasteiger partial charge in [0, 0.05) is 12.1 Å². The summed E-state index contributed by atoms with van der Waals surface area (Å²) in [5.74, 6) is -0.220. The molecule has 2 fully saturated rings. The van der Waals surface area contributed by atoms with E-state index in [0.29, 0.717) is 30.6 Å². The molecule has 2 atom stereocenters. The number of benzene rings is 1. The van der Waals surface area contributed by atoms with Gasteiger partial charge >= 0.3 is 0 Å². The topological polar surface area (TPSA) is 81.8 Å². The van der Waals surface area contributed by atoms with Gasteiger partial charge in [-0.2, -0.15) is 0 Å². The van der Waals surface area contributed by atoms with Gasteiger partial charge < -0.3 is 10.2 Å². The number of amides is 3. The van der Waals surface area contributed by atoms with Crippen molar-refractivity contribution in [3.05, 3.63) is 42.0 Å². The van der Waals surface area contributed by atoms with Crippen LogP contribution in [-0.4, -0.2) is 48.8 Å². The molecule has 0 radical (unpaired) electrons. The van der Waals surface area contributed by atoms with Gasteiger partial charge in [0.2, 0.25) is 11.8 Å². The molecular formula is C25H34N4O3. The minimum Gasteiger partial charge on any atom is -0.352 e. The fraction of sp³-hybridized carbons (Fsp3) is 0.560. The first-order chi connectivity index (χ1) is 15.5. The molecular weight excluding hydrogens is 404 g/mol. The number of carbonyl (C=O) groups is 3. The van der Waals surface area contributed by atoms with Gasteiger partial charge in [-0.3, -0.25) is 19.8 Å². The molecule has 0 aromatic heterocycles. The predicted molar refractivity (Wildman–Crippen MR) is 124 cm³/mol. The van der Waals surface area contributed by atoms with Gasteiger partial charge in [-0.1, -0.05) is 25.1 Å². The van der Waals surface area contributed by atoms with Gasteiger partial charge in [0.15, 0.2) is 0 Å². The number of nitrogens with zero attached hydrogens (tertiary/aromatic N) is 2. The molecule has 172 valence electrons. The van der Waals surface area contributed by atoms with Crippen LogP contribution in [0.4, 0.5) is 5.69 Å². The van der Waals surface area contributed by atoms with E-state index in [1.54, 1.807) is 24.3 Å². The van der Waals surface area contributed by atoms with Crippen molar-refractivity contribution < 1.29 is 14.4 Å². The number of rotatable bonds is 7. The zero-order chi connectivity index (χ0) is 22.5. The van der Waals surface area contributed by atoms with Crippen LogP contribution in [0.15, 0.2) is 36.4 Å². The first kappa shape index (κ1) is 22.5. The van der Waals surface area contributed by atoms with Crippen molar-refractivity contribution in [1.82, 2.24) is 15.6 Å². The third-order valence-corrected chi connectivity index (χ3v) is 6.96. The highest BCUT2D eigenvalue weighted by Gasteiger charge is 2.42. The van der Waals surface area contributed by atoms with Crippen LogP contribution >= 0.6 is 0 Å². The molecule has 4 rings (SSSR count). The molecule has 1 aromatic rings. The normalized spacial score (nSPS) is 24.2. The number of likely N-dealkylation sites (tertiary alicyclic amines) is 1. The second-order valence-corrected chi connectivity index (χ2v) is 9.34. The van der Waals surface area contributed by atoms with Crippen LogP contribution in [0.3, 0.4) is 0 Å². The van der Waals surface area contributed by atoms with Crippen LogP contribution in [0.5, 0.6) is 0 Å². The maximum absolute atomic E-state index is 13.0. The summed E-state index contributed by atoms with van der Waals surface area (Å²) >= 11 is 0. The molecule has 2 unspecified atom stereocenters. The fourth-order valence-corrected chi connectivity index (χ4v) is 4.82. The number of anilines is 1. The standard InChI is InChI=1S/C25H34N4O3/c1-18-11-15-28(16-12-18)14-5-4-13-26-23(30)19-7-6-8-20(17-19)29-25(32)22-10-3-2-9-21(22)24(31)27-29/h2-3,6-8,17-18,21-22H,4-5,9-16H2,1H3,(H,26,30)(H,27,31). The largest absolute Gasteiger partial charge is 0.352 e. The van der Waals surface area contributed by atoms with E-state index in [0.717, 1.165) is 25.3 Å². The first-order valence-corrected chi connectivity index (χ1v) is 11.9. The lowest BCUT2D eigenvalue weighted by Gasteiger charge is -2.38.